The molecule has 0 bridgehead atoms. The van der Waals surface area contributed by atoms with Crippen LogP contribution in [0.1, 0.15) is 0 Å². The van der Waals surface area contributed by atoms with Crippen molar-refractivity contribution in [1.82, 2.24) is 0 Å². The topological polar surface area (TPSA) is 9.23 Å². The summed E-state index contributed by atoms with van der Waals surface area (Å²) in [6, 6.07) is 3.12. The quantitative estimate of drug-likeness (QED) is 0.752. The van der Waals surface area contributed by atoms with Gasteiger partial charge in [-0.05, 0) is 28.1 Å². The van der Waals surface area contributed by atoms with E-state index in [-0.39, 0.29) is 15.8 Å². The van der Waals surface area contributed by atoms with Gasteiger partial charge in [-0.1, -0.05) is 23.2 Å². The number of benzene rings is 1. The van der Waals surface area contributed by atoms with Gasteiger partial charge >= 0.3 is 0 Å². The number of ether oxygens (including phenoxy) is 1. The third kappa shape index (κ3) is 2.97. The Morgan fingerprint density at radius 2 is 2.00 bits per heavy atom. The van der Waals surface area contributed by atoms with Crippen LogP contribution in [0.2, 0.25) is 10.0 Å². The smallest absolute Gasteiger partial charge is 0.272 e. The summed E-state index contributed by atoms with van der Waals surface area (Å²) in [6.45, 7) is -0.726. The summed E-state index contributed by atoms with van der Waals surface area (Å²) in [7, 11) is 0. The molecule has 0 aromatic heterocycles. The number of rotatable bonds is 3. The second-order valence-electron chi connectivity index (χ2n) is 2.37. The first kappa shape index (κ1) is 12.0. The Balaban J connectivity index is 2.89. The first-order chi connectivity index (χ1) is 6.52. The van der Waals surface area contributed by atoms with Gasteiger partial charge in [-0.3, -0.25) is 0 Å². The highest BCUT2D eigenvalue weighted by molar-refractivity contribution is 9.10. The standard InChI is InChI=1S/C8H5BrCl2F2O/c9-4-1-2-5(10)8(7(4)11)14-3-6(12)13/h1-2,6H,3H2. The maximum atomic E-state index is 11.9. The van der Waals surface area contributed by atoms with Gasteiger partial charge in [0.15, 0.2) is 5.75 Å². The summed E-state index contributed by atoms with van der Waals surface area (Å²) in [4.78, 5) is 0. The largest absolute Gasteiger partial charge is 0.484 e. The fraction of sp³-hybridized carbons (Fsp3) is 0.250. The van der Waals surface area contributed by atoms with E-state index >= 15 is 0 Å². The molecule has 0 heterocycles. The molecule has 0 radical (unpaired) electrons. The molecule has 0 unspecified atom stereocenters. The Morgan fingerprint density at radius 3 is 2.57 bits per heavy atom. The average molecular weight is 306 g/mol. The molecule has 0 fully saturated rings. The molecule has 0 saturated heterocycles. The molecule has 0 atom stereocenters. The molecule has 0 aliphatic rings. The number of alkyl halides is 2. The molecular formula is C8H5BrCl2F2O. The molecule has 1 rings (SSSR count). The summed E-state index contributed by atoms with van der Waals surface area (Å²) in [6.07, 6.45) is -2.55. The molecule has 0 spiro atoms. The van der Waals surface area contributed by atoms with Crippen LogP contribution in [0.3, 0.4) is 0 Å². The molecule has 78 valence electrons. The molecule has 6 heteroatoms. The zero-order chi connectivity index (χ0) is 10.7. The van der Waals surface area contributed by atoms with Gasteiger partial charge in [-0.15, -0.1) is 0 Å². The lowest BCUT2D eigenvalue weighted by Gasteiger charge is -2.09. The van der Waals surface area contributed by atoms with E-state index in [2.05, 4.69) is 15.9 Å². The van der Waals surface area contributed by atoms with Crippen LogP contribution in [0, 0.1) is 0 Å². The first-order valence-corrected chi connectivity index (χ1v) is 5.11. The highest BCUT2D eigenvalue weighted by Crippen LogP contribution is 2.38. The Kier molecular flexibility index (Phi) is 4.41. The second-order valence-corrected chi connectivity index (χ2v) is 4.01. The van der Waals surface area contributed by atoms with E-state index in [4.69, 9.17) is 27.9 Å². The Labute approximate surface area is 98.1 Å². The maximum absolute atomic E-state index is 11.9. The van der Waals surface area contributed by atoms with Gasteiger partial charge in [0, 0.05) is 4.47 Å². The van der Waals surface area contributed by atoms with Crippen LogP contribution in [0.5, 0.6) is 5.75 Å². The molecule has 1 aromatic carbocycles. The normalized spacial score (nSPS) is 10.7. The van der Waals surface area contributed by atoms with E-state index in [0.29, 0.717) is 4.47 Å². The Hall–Kier alpha value is -0.0600. The fourth-order valence-corrected chi connectivity index (χ4v) is 1.58. The number of hydrogen-bond acceptors (Lipinski definition) is 1. The molecule has 14 heavy (non-hydrogen) atoms. The summed E-state index contributed by atoms with van der Waals surface area (Å²) >= 11 is 14.6. The second kappa shape index (κ2) is 5.14. The minimum Gasteiger partial charge on any atom is -0.484 e. The van der Waals surface area contributed by atoms with Crippen molar-refractivity contribution in [1.29, 1.82) is 0 Å². The van der Waals surface area contributed by atoms with Crippen LogP contribution in [-0.4, -0.2) is 13.0 Å². The van der Waals surface area contributed by atoms with Gasteiger partial charge in [-0.2, -0.15) is 0 Å². The van der Waals surface area contributed by atoms with Crippen LogP contribution in [0.25, 0.3) is 0 Å². The molecule has 0 aliphatic heterocycles. The third-order valence-electron chi connectivity index (χ3n) is 1.36. The SMILES string of the molecule is FC(F)COc1c(Cl)ccc(Br)c1Cl. The third-order valence-corrected chi connectivity index (χ3v) is 2.92. The van der Waals surface area contributed by atoms with Gasteiger partial charge in [0.2, 0.25) is 0 Å². The highest BCUT2D eigenvalue weighted by atomic mass is 79.9. The molecule has 1 aromatic rings. The van der Waals surface area contributed by atoms with E-state index in [1.165, 1.54) is 6.07 Å². The van der Waals surface area contributed by atoms with E-state index in [9.17, 15) is 8.78 Å². The first-order valence-electron chi connectivity index (χ1n) is 3.57. The van der Waals surface area contributed by atoms with Crippen LogP contribution in [0.4, 0.5) is 8.78 Å². The van der Waals surface area contributed by atoms with Crippen LogP contribution < -0.4 is 4.74 Å². The lowest BCUT2D eigenvalue weighted by Crippen LogP contribution is -2.07. The zero-order valence-corrected chi connectivity index (χ0v) is 9.84. The highest BCUT2D eigenvalue weighted by Gasteiger charge is 2.12. The van der Waals surface area contributed by atoms with Crippen molar-refractivity contribution < 1.29 is 13.5 Å². The molecule has 0 amide bonds. The van der Waals surface area contributed by atoms with Gasteiger partial charge in [-0.25, -0.2) is 8.78 Å². The Morgan fingerprint density at radius 1 is 1.36 bits per heavy atom. The van der Waals surface area contributed by atoms with Crippen molar-refractivity contribution in [3.05, 3.63) is 26.7 Å². The lowest BCUT2D eigenvalue weighted by molar-refractivity contribution is 0.0820. The summed E-state index contributed by atoms with van der Waals surface area (Å²) in [5.74, 6) is 0.0722. The van der Waals surface area contributed by atoms with Crippen molar-refractivity contribution in [2.24, 2.45) is 0 Å². The molecule has 0 aliphatic carbocycles. The van der Waals surface area contributed by atoms with Gasteiger partial charge in [0.05, 0.1) is 10.0 Å². The van der Waals surface area contributed by atoms with Crippen LogP contribution in [-0.2, 0) is 0 Å². The predicted molar refractivity (Wildman–Crippen MR) is 55.7 cm³/mol. The van der Waals surface area contributed by atoms with Crippen molar-refractivity contribution in [2.75, 3.05) is 6.61 Å². The zero-order valence-electron chi connectivity index (χ0n) is 6.74. The van der Waals surface area contributed by atoms with Gasteiger partial charge in [0.25, 0.3) is 6.43 Å². The predicted octanol–water partition coefficient (Wildman–Crippen LogP) is 4.40. The number of hydrogen-bond donors (Lipinski definition) is 0. The van der Waals surface area contributed by atoms with Crippen LogP contribution >= 0.6 is 39.1 Å². The van der Waals surface area contributed by atoms with E-state index in [1.807, 2.05) is 0 Å². The van der Waals surface area contributed by atoms with Gasteiger partial charge < -0.3 is 4.74 Å². The van der Waals surface area contributed by atoms with E-state index < -0.39 is 13.0 Å². The van der Waals surface area contributed by atoms with Crippen molar-refractivity contribution in [2.45, 2.75) is 6.43 Å². The van der Waals surface area contributed by atoms with Crippen molar-refractivity contribution in [3.8, 4) is 5.75 Å². The minimum atomic E-state index is -2.55. The molecule has 0 N–H and O–H groups in total. The maximum Gasteiger partial charge on any atom is 0.272 e. The van der Waals surface area contributed by atoms with E-state index in [0.717, 1.165) is 0 Å². The summed E-state index contributed by atoms with van der Waals surface area (Å²) < 4.78 is 29.0. The summed E-state index contributed by atoms with van der Waals surface area (Å²) in [5.41, 5.74) is 0. The van der Waals surface area contributed by atoms with Crippen molar-refractivity contribution >= 4 is 39.1 Å². The average Bonchev–Trinajstić information content (AvgIpc) is 2.11. The fourth-order valence-electron chi connectivity index (χ4n) is 0.787. The molecular weight excluding hydrogens is 301 g/mol. The monoisotopic (exact) mass is 304 g/mol. The Bertz CT molecular complexity index is 333. The number of halogens is 5. The van der Waals surface area contributed by atoms with Gasteiger partial charge in [0.1, 0.15) is 6.61 Å². The lowest BCUT2D eigenvalue weighted by atomic mass is 10.3. The van der Waals surface area contributed by atoms with Crippen molar-refractivity contribution in [3.63, 3.8) is 0 Å². The molecule has 0 saturated carbocycles. The summed E-state index contributed by atoms with van der Waals surface area (Å²) in [5, 5.41) is 0.400. The van der Waals surface area contributed by atoms with E-state index in [1.54, 1.807) is 6.07 Å². The minimum absolute atomic E-state index is 0.0722. The molecule has 1 nitrogen and oxygen atoms in total. The van der Waals surface area contributed by atoms with Crippen LogP contribution in [0.15, 0.2) is 16.6 Å².